The SMILES string of the molecule is CC.CC(C)(C)Nc1nc(Nc2ccnc(C3(C#N)CC3)c2)nc(-c2cccc(C(C)(F)F)n2)n1. The molecule has 3 aromatic heterocycles. The third-order valence-corrected chi connectivity index (χ3v) is 5.02. The number of pyridine rings is 2. The van der Waals surface area contributed by atoms with Crippen molar-refractivity contribution in [3.8, 4) is 17.6 Å². The zero-order chi connectivity index (χ0) is 25.9. The number of aromatic nitrogens is 5. The summed E-state index contributed by atoms with van der Waals surface area (Å²) < 4.78 is 27.6. The van der Waals surface area contributed by atoms with Crippen LogP contribution in [0.4, 0.5) is 26.4 Å². The number of nitrogens with zero attached hydrogens (tertiary/aromatic N) is 6. The van der Waals surface area contributed by atoms with Crippen molar-refractivity contribution in [2.45, 2.75) is 71.3 Å². The lowest BCUT2D eigenvalue weighted by Gasteiger charge is -2.21. The van der Waals surface area contributed by atoms with Crippen molar-refractivity contribution >= 4 is 17.6 Å². The molecule has 184 valence electrons. The average molecular weight is 481 g/mol. The standard InChI is InChI=1S/C23H24F2N8.C2H6/c1-21(2,3)33-20-31-18(15-6-5-7-16(29-15)22(4,24)25)30-19(32-20)28-14-8-11-27-17(12-14)23(13-26)9-10-23;1-2/h5-8,11-12H,9-10H2,1-4H3,(H2,27,28,30,31,32,33);1-2H3. The second-order valence-corrected chi connectivity index (χ2v) is 9.23. The van der Waals surface area contributed by atoms with Crippen LogP contribution in [0.2, 0.25) is 0 Å². The maximum absolute atomic E-state index is 13.8. The summed E-state index contributed by atoms with van der Waals surface area (Å²) in [6.45, 7) is 10.6. The van der Waals surface area contributed by atoms with E-state index in [1.54, 1.807) is 24.4 Å². The summed E-state index contributed by atoms with van der Waals surface area (Å²) in [5, 5.41) is 15.8. The van der Waals surface area contributed by atoms with Gasteiger partial charge in [-0.05, 0) is 57.9 Å². The van der Waals surface area contributed by atoms with Gasteiger partial charge in [-0.25, -0.2) is 4.98 Å². The molecule has 0 amide bonds. The Labute approximate surface area is 204 Å². The van der Waals surface area contributed by atoms with Crippen molar-refractivity contribution in [2.75, 3.05) is 10.6 Å². The molecule has 35 heavy (non-hydrogen) atoms. The quantitative estimate of drug-likeness (QED) is 0.443. The minimum Gasteiger partial charge on any atom is -0.349 e. The zero-order valence-electron chi connectivity index (χ0n) is 20.8. The fourth-order valence-corrected chi connectivity index (χ4v) is 3.19. The number of nitriles is 1. The Bertz CT molecular complexity index is 1220. The van der Waals surface area contributed by atoms with E-state index in [0.717, 1.165) is 19.8 Å². The topological polar surface area (TPSA) is 112 Å². The number of hydrogen-bond acceptors (Lipinski definition) is 8. The van der Waals surface area contributed by atoms with Gasteiger partial charge in [0, 0.05) is 24.3 Å². The molecule has 0 aromatic carbocycles. The Morgan fingerprint density at radius 3 is 2.26 bits per heavy atom. The van der Waals surface area contributed by atoms with Crippen molar-refractivity contribution in [3.63, 3.8) is 0 Å². The van der Waals surface area contributed by atoms with Crippen LogP contribution >= 0.6 is 0 Å². The fraction of sp³-hybridized carbons (Fsp3) is 0.440. The highest BCUT2D eigenvalue weighted by atomic mass is 19.3. The summed E-state index contributed by atoms with van der Waals surface area (Å²) in [6.07, 6.45) is 3.18. The van der Waals surface area contributed by atoms with Crippen LogP contribution in [0.5, 0.6) is 0 Å². The molecule has 3 heterocycles. The molecule has 1 aliphatic carbocycles. The van der Waals surface area contributed by atoms with Crippen molar-refractivity contribution in [3.05, 3.63) is 47.9 Å². The van der Waals surface area contributed by atoms with Gasteiger partial charge in [0.25, 0.3) is 5.92 Å². The minimum atomic E-state index is -3.09. The van der Waals surface area contributed by atoms with Crippen molar-refractivity contribution in [1.82, 2.24) is 24.9 Å². The van der Waals surface area contributed by atoms with Crippen LogP contribution in [0.3, 0.4) is 0 Å². The minimum absolute atomic E-state index is 0.148. The highest BCUT2D eigenvalue weighted by molar-refractivity contribution is 5.60. The molecule has 0 bridgehead atoms. The largest absolute Gasteiger partial charge is 0.349 e. The fourth-order valence-electron chi connectivity index (χ4n) is 3.19. The zero-order valence-corrected chi connectivity index (χ0v) is 20.8. The first kappa shape index (κ1) is 25.9. The number of rotatable bonds is 6. The molecule has 1 aliphatic rings. The molecule has 0 unspecified atom stereocenters. The Balaban J connectivity index is 0.00000167. The van der Waals surface area contributed by atoms with Gasteiger partial charge in [-0.3, -0.25) is 4.98 Å². The van der Waals surface area contributed by atoms with Gasteiger partial charge in [0.15, 0.2) is 5.82 Å². The summed E-state index contributed by atoms with van der Waals surface area (Å²) in [6, 6.07) is 10.2. The normalized spacial score (nSPS) is 14.3. The predicted molar refractivity (Wildman–Crippen MR) is 131 cm³/mol. The summed E-state index contributed by atoms with van der Waals surface area (Å²) in [4.78, 5) is 21.6. The lowest BCUT2D eigenvalue weighted by Crippen LogP contribution is -2.27. The predicted octanol–water partition coefficient (Wildman–Crippen LogP) is 5.98. The van der Waals surface area contributed by atoms with E-state index in [2.05, 4.69) is 41.6 Å². The van der Waals surface area contributed by atoms with E-state index >= 15 is 0 Å². The molecule has 1 saturated carbocycles. The number of nitrogens with one attached hydrogen (secondary N) is 2. The van der Waals surface area contributed by atoms with Crippen LogP contribution in [0.25, 0.3) is 11.5 Å². The van der Waals surface area contributed by atoms with E-state index in [1.807, 2.05) is 34.6 Å². The Hall–Kier alpha value is -3.74. The average Bonchev–Trinajstić information content (AvgIpc) is 3.60. The summed E-state index contributed by atoms with van der Waals surface area (Å²) in [7, 11) is 0. The molecule has 1 fully saturated rings. The smallest absolute Gasteiger partial charge is 0.286 e. The van der Waals surface area contributed by atoms with Crippen molar-refractivity contribution < 1.29 is 8.78 Å². The molecule has 0 aliphatic heterocycles. The third-order valence-electron chi connectivity index (χ3n) is 5.02. The summed E-state index contributed by atoms with van der Waals surface area (Å²) in [5.74, 6) is -2.46. The molecule has 4 rings (SSSR count). The number of alkyl halides is 2. The molecule has 10 heteroatoms. The number of hydrogen-bond donors (Lipinski definition) is 2. The maximum atomic E-state index is 13.8. The second kappa shape index (κ2) is 9.86. The van der Waals surface area contributed by atoms with Crippen LogP contribution in [0.1, 0.15) is 65.8 Å². The first-order chi connectivity index (χ1) is 16.5. The van der Waals surface area contributed by atoms with E-state index < -0.39 is 11.3 Å². The molecule has 2 N–H and O–H groups in total. The number of anilines is 3. The van der Waals surface area contributed by atoms with E-state index in [1.165, 1.54) is 12.1 Å². The van der Waals surface area contributed by atoms with Gasteiger partial charge in [0.2, 0.25) is 11.9 Å². The highest BCUT2D eigenvalue weighted by Crippen LogP contribution is 2.47. The van der Waals surface area contributed by atoms with Crippen LogP contribution in [-0.2, 0) is 11.3 Å². The third kappa shape index (κ3) is 6.44. The molecule has 8 nitrogen and oxygen atoms in total. The van der Waals surface area contributed by atoms with E-state index in [4.69, 9.17) is 0 Å². The van der Waals surface area contributed by atoms with Crippen molar-refractivity contribution in [2.24, 2.45) is 0 Å². The summed E-state index contributed by atoms with van der Waals surface area (Å²) in [5.41, 5.74) is 0.297. The van der Waals surface area contributed by atoms with E-state index in [-0.39, 0.29) is 34.6 Å². The van der Waals surface area contributed by atoms with Crippen LogP contribution in [0, 0.1) is 11.3 Å². The lowest BCUT2D eigenvalue weighted by molar-refractivity contribution is 0.0129. The van der Waals surface area contributed by atoms with E-state index in [9.17, 15) is 14.0 Å². The van der Waals surface area contributed by atoms with Crippen molar-refractivity contribution in [1.29, 1.82) is 5.26 Å². The van der Waals surface area contributed by atoms with Gasteiger partial charge in [0.1, 0.15) is 11.4 Å². The second-order valence-electron chi connectivity index (χ2n) is 9.23. The number of halogens is 2. The van der Waals surface area contributed by atoms with Gasteiger partial charge >= 0.3 is 0 Å². The van der Waals surface area contributed by atoms with Crippen LogP contribution < -0.4 is 10.6 Å². The maximum Gasteiger partial charge on any atom is 0.286 e. The highest BCUT2D eigenvalue weighted by Gasteiger charge is 2.46. The Morgan fingerprint density at radius 2 is 1.66 bits per heavy atom. The monoisotopic (exact) mass is 480 g/mol. The summed E-state index contributed by atoms with van der Waals surface area (Å²) >= 11 is 0. The lowest BCUT2D eigenvalue weighted by atomic mass is 10.0. The molecule has 0 saturated heterocycles. The van der Waals surface area contributed by atoms with Gasteiger partial charge < -0.3 is 10.6 Å². The molecule has 3 aromatic rings. The molecular weight excluding hydrogens is 450 g/mol. The Morgan fingerprint density at radius 1 is 0.971 bits per heavy atom. The van der Waals surface area contributed by atoms with Crippen LogP contribution in [0.15, 0.2) is 36.5 Å². The molecule has 0 atom stereocenters. The van der Waals surface area contributed by atoms with E-state index in [0.29, 0.717) is 11.4 Å². The van der Waals surface area contributed by atoms with Gasteiger partial charge in [-0.15, -0.1) is 0 Å². The first-order valence-electron chi connectivity index (χ1n) is 11.5. The molecule has 0 radical (unpaired) electrons. The van der Waals surface area contributed by atoms with Gasteiger partial charge in [0.05, 0.1) is 17.2 Å². The Kier molecular flexibility index (Phi) is 7.29. The van der Waals surface area contributed by atoms with Gasteiger partial charge in [-0.1, -0.05) is 19.9 Å². The molecule has 0 spiro atoms. The first-order valence-corrected chi connectivity index (χ1v) is 11.5. The van der Waals surface area contributed by atoms with Gasteiger partial charge in [-0.2, -0.15) is 29.0 Å². The molecular formula is C25H30F2N8. The van der Waals surface area contributed by atoms with Crippen LogP contribution in [-0.4, -0.2) is 30.5 Å².